The Hall–Kier alpha value is -3.96. The summed E-state index contributed by atoms with van der Waals surface area (Å²) in [6.07, 6.45) is 0.214. The van der Waals surface area contributed by atoms with Gasteiger partial charge in [-0.3, -0.25) is 0 Å². The Balaban J connectivity index is 1.28. The molecule has 0 bridgehead atoms. The standard InChI is InChI=1S/C40H54N6O8S/c1-29-6-13-34(14-7-29)55(47,48)46-23-37(52-20-16-39-41-43-44-42-39)40(33-11-8-31(9-12-33)27-51-26-30(2)25-50-4)38(24-46)54-28-32-10-15-36-35(22-32)45(18-21-53-36)17-5-19-49-3/h6-15,22,30,37-38,40H,5,16-21,23-28H2,1-4H3,(H,41,42,43,44)/t30?,37-,38+,40+/m1/s1. The van der Waals surface area contributed by atoms with E-state index in [1.54, 1.807) is 26.4 Å². The minimum absolute atomic E-state index is 0.141. The van der Waals surface area contributed by atoms with Crippen LogP contribution in [0.2, 0.25) is 0 Å². The fourth-order valence-corrected chi connectivity index (χ4v) is 8.58. The maximum absolute atomic E-state index is 14.2. The highest BCUT2D eigenvalue weighted by atomic mass is 32.2. The first-order valence-corrected chi connectivity index (χ1v) is 20.4. The highest BCUT2D eigenvalue weighted by Gasteiger charge is 2.43. The van der Waals surface area contributed by atoms with Gasteiger partial charge < -0.3 is 33.3 Å². The Morgan fingerprint density at radius 3 is 2.40 bits per heavy atom. The number of sulfonamides is 1. The van der Waals surface area contributed by atoms with E-state index < -0.39 is 22.2 Å². The lowest BCUT2D eigenvalue weighted by Crippen LogP contribution is -2.54. The van der Waals surface area contributed by atoms with Crippen molar-refractivity contribution in [3.05, 3.63) is 94.8 Å². The quantitative estimate of drug-likeness (QED) is 0.126. The van der Waals surface area contributed by atoms with Crippen LogP contribution in [0.4, 0.5) is 5.69 Å². The number of piperidine rings is 1. The predicted molar refractivity (Wildman–Crippen MR) is 207 cm³/mol. The summed E-state index contributed by atoms with van der Waals surface area (Å²) in [7, 11) is -0.478. The first-order chi connectivity index (χ1) is 26.7. The molecule has 1 N–H and O–H groups in total. The fraction of sp³-hybridized carbons (Fsp3) is 0.525. The Kier molecular flexibility index (Phi) is 14.6. The van der Waals surface area contributed by atoms with Crippen molar-refractivity contribution in [2.75, 3.05) is 78.3 Å². The molecule has 2 aliphatic heterocycles. The van der Waals surface area contributed by atoms with Crippen LogP contribution in [-0.2, 0) is 53.3 Å². The summed E-state index contributed by atoms with van der Waals surface area (Å²) in [5.41, 5.74) is 4.98. The van der Waals surface area contributed by atoms with Crippen molar-refractivity contribution in [1.29, 1.82) is 0 Å². The van der Waals surface area contributed by atoms with Crippen molar-refractivity contribution in [3.63, 3.8) is 0 Å². The van der Waals surface area contributed by atoms with E-state index in [1.165, 1.54) is 4.31 Å². The van der Waals surface area contributed by atoms with Gasteiger partial charge >= 0.3 is 0 Å². The molecule has 2 aliphatic rings. The van der Waals surface area contributed by atoms with Crippen molar-refractivity contribution in [1.82, 2.24) is 24.9 Å². The first-order valence-electron chi connectivity index (χ1n) is 18.9. The molecule has 0 spiro atoms. The second-order valence-corrected chi connectivity index (χ2v) is 16.2. The Morgan fingerprint density at radius 1 is 0.909 bits per heavy atom. The Labute approximate surface area is 324 Å². The van der Waals surface area contributed by atoms with Crippen LogP contribution in [0.15, 0.2) is 71.6 Å². The number of aromatic amines is 1. The van der Waals surface area contributed by atoms with Gasteiger partial charge in [0.05, 0.1) is 62.4 Å². The van der Waals surface area contributed by atoms with Crippen LogP contribution >= 0.6 is 0 Å². The Bertz CT molecular complexity index is 1860. The van der Waals surface area contributed by atoms with E-state index in [0.29, 0.717) is 45.3 Å². The smallest absolute Gasteiger partial charge is 0.243 e. The minimum atomic E-state index is -3.89. The van der Waals surface area contributed by atoms with Gasteiger partial charge in [-0.1, -0.05) is 60.2 Å². The number of ether oxygens (including phenoxy) is 6. The summed E-state index contributed by atoms with van der Waals surface area (Å²) in [6, 6.07) is 21.3. The normalized spacial score (nSPS) is 19.6. The number of aryl methyl sites for hydroxylation is 1. The number of fused-ring (bicyclic) bond motifs is 1. The number of aromatic nitrogens is 4. The summed E-state index contributed by atoms with van der Waals surface area (Å²) < 4.78 is 65.9. The average molecular weight is 779 g/mol. The summed E-state index contributed by atoms with van der Waals surface area (Å²) in [4.78, 5) is 2.55. The van der Waals surface area contributed by atoms with Crippen molar-refractivity contribution in [2.24, 2.45) is 5.92 Å². The molecule has 15 heteroatoms. The van der Waals surface area contributed by atoms with Gasteiger partial charge in [-0.15, -0.1) is 10.2 Å². The van der Waals surface area contributed by atoms with E-state index in [1.807, 2.05) is 31.2 Å². The van der Waals surface area contributed by atoms with Crippen LogP contribution in [0.5, 0.6) is 5.75 Å². The molecule has 1 aromatic heterocycles. The molecule has 4 atom stereocenters. The van der Waals surface area contributed by atoms with E-state index in [2.05, 4.69) is 62.8 Å². The number of methoxy groups -OCH3 is 2. The van der Waals surface area contributed by atoms with Crippen LogP contribution in [0.3, 0.4) is 0 Å². The third kappa shape index (κ3) is 10.9. The maximum Gasteiger partial charge on any atom is 0.243 e. The van der Waals surface area contributed by atoms with E-state index in [4.69, 9.17) is 28.4 Å². The predicted octanol–water partition coefficient (Wildman–Crippen LogP) is 4.54. The topological polar surface area (TPSA) is 150 Å². The third-order valence-corrected chi connectivity index (χ3v) is 11.8. The number of hydrogen-bond donors (Lipinski definition) is 1. The van der Waals surface area contributed by atoms with E-state index in [0.717, 1.165) is 53.2 Å². The molecule has 14 nitrogen and oxygen atoms in total. The first kappa shape index (κ1) is 40.7. The molecule has 1 saturated heterocycles. The summed E-state index contributed by atoms with van der Waals surface area (Å²) in [5.74, 6) is 1.35. The largest absolute Gasteiger partial charge is 0.490 e. The lowest BCUT2D eigenvalue weighted by Gasteiger charge is -2.43. The van der Waals surface area contributed by atoms with Gasteiger partial charge in [0.25, 0.3) is 0 Å². The van der Waals surface area contributed by atoms with Crippen molar-refractivity contribution in [2.45, 2.75) is 62.9 Å². The number of rotatable bonds is 20. The fourth-order valence-electron chi connectivity index (χ4n) is 7.12. The van der Waals surface area contributed by atoms with Crippen LogP contribution < -0.4 is 9.64 Å². The summed E-state index contributed by atoms with van der Waals surface area (Å²) in [6.45, 7) is 9.48. The zero-order chi connectivity index (χ0) is 38.6. The van der Waals surface area contributed by atoms with Gasteiger partial charge in [-0.25, -0.2) is 8.42 Å². The van der Waals surface area contributed by atoms with Gasteiger partial charge in [0.15, 0.2) is 5.82 Å². The number of nitrogens with one attached hydrogen (secondary N) is 1. The average Bonchev–Trinajstić information content (AvgIpc) is 3.71. The molecule has 6 rings (SSSR count). The molecule has 1 fully saturated rings. The SMILES string of the molecule is COCCCN1CCOc2ccc(CO[C@H]3CN(S(=O)(=O)c4ccc(C)cc4)C[C@@H](OCCc4nn[nH]n4)[C@@H]3c3ccc(COCC(C)COC)cc3)cc21. The van der Waals surface area contributed by atoms with E-state index in [9.17, 15) is 8.42 Å². The molecule has 298 valence electrons. The van der Waals surface area contributed by atoms with Gasteiger partial charge in [0.2, 0.25) is 10.0 Å². The van der Waals surface area contributed by atoms with Crippen LogP contribution in [0, 0.1) is 12.8 Å². The molecule has 55 heavy (non-hydrogen) atoms. The Morgan fingerprint density at radius 2 is 1.67 bits per heavy atom. The molecule has 1 unspecified atom stereocenters. The minimum Gasteiger partial charge on any atom is -0.490 e. The molecular formula is C40H54N6O8S. The van der Waals surface area contributed by atoms with Gasteiger partial charge in [0, 0.05) is 58.7 Å². The van der Waals surface area contributed by atoms with E-state index >= 15 is 0 Å². The number of H-pyrrole nitrogens is 1. The van der Waals surface area contributed by atoms with Gasteiger partial charge in [0.1, 0.15) is 12.4 Å². The molecule has 0 saturated carbocycles. The number of hydrogen-bond acceptors (Lipinski definition) is 12. The van der Waals surface area contributed by atoms with Gasteiger partial charge in [-0.05, 0) is 54.3 Å². The summed E-state index contributed by atoms with van der Waals surface area (Å²) in [5, 5.41) is 14.3. The number of benzene rings is 3. The van der Waals surface area contributed by atoms with Crippen molar-refractivity contribution in [3.8, 4) is 5.75 Å². The van der Waals surface area contributed by atoms with Crippen LogP contribution in [0.1, 0.15) is 47.3 Å². The molecule has 0 aliphatic carbocycles. The number of anilines is 1. The zero-order valence-electron chi connectivity index (χ0n) is 32.3. The second kappa shape index (κ2) is 19.8. The lowest BCUT2D eigenvalue weighted by atomic mass is 9.85. The lowest BCUT2D eigenvalue weighted by molar-refractivity contribution is -0.0783. The number of nitrogens with zero attached hydrogens (tertiary/aromatic N) is 5. The maximum atomic E-state index is 14.2. The molecular weight excluding hydrogens is 725 g/mol. The number of tetrazole rings is 1. The van der Waals surface area contributed by atoms with Crippen LogP contribution in [0.25, 0.3) is 0 Å². The highest BCUT2D eigenvalue weighted by Crippen LogP contribution is 2.37. The zero-order valence-corrected chi connectivity index (χ0v) is 33.1. The second-order valence-electron chi connectivity index (χ2n) is 14.3. The summed E-state index contributed by atoms with van der Waals surface area (Å²) >= 11 is 0. The van der Waals surface area contributed by atoms with Gasteiger partial charge in [-0.2, -0.15) is 9.52 Å². The van der Waals surface area contributed by atoms with E-state index in [-0.39, 0.29) is 43.0 Å². The van der Waals surface area contributed by atoms with Crippen molar-refractivity contribution >= 4 is 15.7 Å². The molecule has 0 amide bonds. The highest BCUT2D eigenvalue weighted by molar-refractivity contribution is 7.89. The monoisotopic (exact) mass is 778 g/mol. The molecule has 3 aromatic carbocycles. The molecule has 3 heterocycles. The molecule has 0 radical (unpaired) electrons. The third-order valence-electron chi connectivity index (χ3n) is 9.98. The molecule has 4 aromatic rings. The van der Waals surface area contributed by atoms with Crippen molar-refractivity contribution < 1.29 is 36.8 Å². The van der Waals surface area contributed by atoms with Crippen LogP contribution in [-0.4, -0.2) is 119 Å².